The third-order valence-corrected chi connectivity index (χ3v) is 3.75. The van der Waals surface area contributed by atoms with Crippen molar-refractivity contribution in [2.75, 3.05) is 14.2 Å². The highest BCUT2D eigenvalue weighted by molar-refractivity contribution is 5.88. The molecule has 0 N–H and O–H groups in total. The molecule has 1 aromatic heterocycles. The lowest BCUT2D eigenvalue weighted by Crippen LogP contribution is -2.32. The minimum Gasteiger partial charge on any atom is -0.465 e. The maximum Gasteiger partial charge on any atom is 0.343 e. The van der Waals surface area contributed by atoms with Crippen molar-refractivity contribution in [3.05, 3.63) is 34.2 Å². The van der Waals surface area contributed by atoms with E-state index in [4.69, 9.17) is 4.74 Å². The molecule has 0 spiro atoms. The van der Waals surface area contributed by atoms with E-state index in [0.29, 0.717) is 0 Å². The van der Waals surface area contributed by atoms with Gasteiger partial charge < -0.3 is 14.0 Å². The second-order valence-electron chi connectivity index (χ2n) is 4.79. The zero-order valence-corrected chi connectivity index (χ0v) is 11.3. The molecule has 1 aromatic rings. The smallest absolute Gasteiger partial charge is 0.343 e. The zero-order valence-electron chi connectivity index (χ0n) is 11.3. The van der Waals surface area contributed by atoms with E-state index >= 15 is 0 Å². The lowest BCUT2D eigenvalue weighted by molar-refractivity contribution is 0.0565. The number of hydrogen-bond acceptors (Lipinski definition) is 4. The van der Waals surface area contributed by atoms with E-state index in [1.54, 1.807) is 23.9 Å². The highest BCUT2D eigenvalue weighted by atomic mass is 16.5. The molecule has 0 aliphatic heterocycles. The predicted octanol–water partition coefficient (Wildman–Crippen LogP) is 1.76. The van der Waals surface area contributed by atoms with Crippen molar-refractivity contribution in [2.45, 2.75) is 37.8 Å². The summed E-state index contributed by atoms with van der Waals surface area (Å²) in [6, 6.07) is 3.37. The van der Waals surface area contributed by atoms with Crippen LogP contribution in [0.1, 0.15) is 42.1 Å². The Hall–Kier alpha value is -1.62. The molecule has 2 rings (SSSR count). The summed E-state index contributed by atoms with van der Waals surface area (Å²) in [5, 5.41) is 0. The number of hydrogen-bond donors (Lipinski definition) is 0. The van der Waals surface area contributed by atoms with Gasteiger partial charge >= 0.3 is 5.97 Å². The number of ether oxygens (including phenoxy) is 2. The molecule has 1 saturated carbocycles. The van der Waals surface area contributed by atoms with Crippen molar-refractivity contribution in [3.63, 3.8) is 0 Å². The van der Waals surface area contributed by atoms with Crippen molar-refractivity contribution < 1.29 is 14.3 Å². The Labute approximate surface area is 112 Å². The molecular weight excluding hydrogens is 246 g/mol. The van der Waals surface area contributed by atoms with Crippen LogP contribution in [-0.4, -0.2) is 30.9 Å². The zero-order chi connectivity index (χ0) is 13.8. The van der Waals surface area contributed by atoms with Gasteiger partial charge in [0.2, 0.25) is 0 Å². The Bertz CT molecular complexity index is 500. The molecule has 1 fully saturated rings. The van der Waals surface area contributed by atoms with Gasteiger partial charge in [-0.25, -0.2) is 4.79 Å². The van der Waals surface area contributed by atoms with Gasteiger partial charge in [0.25, 0.3) is 5.56 Å². The number of esters is 1. The maximum atomic E-state index is 12.3. The van der Waals surface area contributed by atoms with E-state index in [-0.39, 0.29) is 23.3 Å². The summed E-state index contributed by atoms with van der Waals surface area (Å²) in [4.78, 5) is 23.8. The quantitative estimate of drug-likeness (QED) is 0.781. The van der Waals surface area contributed by atoms with Crippen LogP contribution in [0, 0.1) is 0 Å². The van der Waals surface area contributed by atoms with Gasteiger partial charge in [0.15, 0.2) is 0 Å². The third kappa shape index (κ3) is 2.87. The van der Waals surface area contributed by atoms with Crippen LogP contribution in [0.2, 0.25) is 0 Å². The van der Waals surface area contributed by atoms with Crippen molar-refractivity contribution in [2.24, 2.45) is 0 Å². The Morgan fingerprint density at radius 2 is 1.95 bits per heavy atom. The number of nitrogens with zero attached hydrogens (tertiary/aromatic N) is 1. The maximum absolute atomic E-state index is 12.3. The van der Waals surface area contributed by atoms with Crippen LogP contribution in [0.5, 0.6) is 0 Å². The Kier molecular flexibility index (Phi) is 4.37. The molecule has 1 heterocycles. The van der Waals surface area contributed by atoms with E-state index in [1.165, 1.54) is 13.2 Å². The first-order valence-electron chi connectivity index (χ1n) is 6.49. The number of pyridine rings is 1. The van der Waals surface area contributed by atoms with Crippen LogP contribution in [0.3, 0.4) is 0 Å². The Balaban J connectivity index is 2.22. The average Bonchev–Trinajstić information content (AvgIpc) is 2.47. The molecule has 5 heteroatoms. The summed E-state index contributed by atoms with van der Waals surface area (Å²) < 4.78 is 11.6. The molecule has 5 nitrogen and oxygen atoms in total. The summed E-state index contributed by atoms with van der Waals surface area (Å²) in [6.07, 6.45) is 5.70. The van der Waals surface area contributed by atoms with Gasteiger partial charge in [-0.1, -0.05) is 0 Å². The molecule has 0 radical (unpaired) electrons. The van der Waals surface area contributed by atoms with Crippen LogP contribution in [0.15, 0.2) is 23.1 Å². The Morgan fingerprint density at radius 1 is 1.26 bits per heavy atom. The number of carbonyl (C=O) groups is 1. The lowest BCUT2D eigenvalue weighted by Gasteiger charge is -2.29. The first kappa shape index (κ1) is 13.8. The Morgan fingerprint density at radius 3 is 2.53 bits per heavy atom. The van der Waals surface area contributed by atoms with Crippen LogP contribution in [-0.2, 0) is 9.47 Å². The van der Waals surface area contributed by atoms with Gasteiger partial charge in [-0.2, -0.15) is 0 Å². The first-order valence-corrected chi connectivity index (χ1v) is 6.49. The van der Waals surface area contributed by atoms with Crippen molar-refractivity contribution in [1.29, 1.82) is 0 Å². The molecule has 19 heavy (non-hydrogen) atoms. The molecule has 104 valence electrons. The molecule has 0 amide bonds. The van der Waals surface area contributed by atoms with E-state index < -0.39 is 5.97 Å². The van der Waals surface area contributed by atoms with Crippen LogP contribution in [0.25, 0.3) is 0 Å². The highest BCUT2D eigenvalue weighted by Crippen LogP contribution is 2.28. The molecule has 0 unspecified atom stereocenters. The largest absolute Gasteiger partial charge is 0.465 e. The van der Waals surface area contributed by atoms with Gasteiger partial charge in [-0.15, -0.1) is 0 Å². The van der Waals surface area contributed by atoms with Crippen LogP contribution >= 0.6 is 0 Å². The summed E-state index contributed by atoms with van der Waals surface area (Å²) >= 11 is 0. The molecule has 1 aliphatic carbocycles. The number of aromatic nitrogens is 1. The fourth-order valence-corrected chi connectivity index (χ4v) is 2.62. The summed E-state index contributed by atoms with van der Waals surface area (Å²) in [6.45, 7) is 0. The van der Waals surface area contributed by atoms with Gasteiger partial charge in [0.1, 0.15) is 5.56 Å². The topological polar surface area (TPSA) is 57.5 Å². The number of rotatable bonds is 3. The van der Waals surface area contributed by atoms with E-state index in [0.717, 1.165) is 25.7 Å². The molecule has 0 bridgehead atoms. The van der Waals surface area contributed by atoms with Gasteiger partial charge in [-0.3, -0.25) is 4.79 Å². The normalized spacial score (nSPS) is 23.1. The van der Waals surface area contributed by atoms with Crippen LogP contribution in [0.4, 0.5) is 0 Å². The highest BCUT2D eigenvalue weighted by Gasteiger charge is 2.24. The van der Waals surface area contributed by atoms with Crippen molar-refractivity contribution in [1.82, 2.24) is 4.57 Å². The minimum atomic E-state index is -0.579. The minimum absolute atomic E-state index is 0.0962. The van der Waals surface area contributed by atoms with Crippen LogP contribution < -0.4 is 5.56 Å². The fourth-order valence-electron chi connectivity index (χ4n) is 2.62. The number of carbonyl (C=O) groups excluding carboxylic acids is 1. The predicted molar refractivity (Wildman–Crippen MR) is 70.3 cm³/mol. The lowest BCUT2D eigenvalue weighted by atomic mass is 9.92. The van der Waals surface area contributed by atoms with E-state index in [2.05, 4.69) is 4.74 Å². The standard InChI is InChI=1S/C14H19NO4/c1-18-11-7-5-10(6-8-11)15-9-3-4-12(13(15)16)14(17)19-2/h3-4,9-11H,5-8H2,1-2H3. The molecule has 0 atom stereocenters. The van der Waals surface area contributed by atoms with E-state index in [1.807, 2.05) is 0 Å². The summed E-state index contributed by atoms with van der Waals surface area (Å²) in [7, 11) is 3.00. The van der Waals surface area contributed by atoms with Gasteiger partial charge in [0.05, 0.1) is 13.2 Å². The molecule has 0 saturated heterocycles. The SMILES string of the molecule is COC(=O)c1cccn(C2CCC(OC)CC2)c1=O. The van der Waals surface area contributed by atoms with Crippen molar-refractivity contribution in [3.8, 4) is 0 Å². The van der Waals surface area contributed by atoms with Gasteiger partial charge in [-0.05, 0) is 37.8 Å². The molecule has 0 aromatic carbocycles. The van der Waals surface area contributed by atoms with Gasteiger partial charge in [0, 0.05) is 19.3 Å². The second-order valence-corrected chi connectivity index (χ2v) is 4.79. The third-order valence-electron chi connectivity index (χ3n) is 3.75. The van der Waals surface area contributed by atoms with Crippen molar-refractivity contribution >= 4 is 5.97 Å². The average molecular weight is 265 g/mol. The summed E-state index contributed by atoms with van der Waals surface area (Å²) in [5.74, 6) is -0.579. The monoisotopic (exact) mass is 265 g/mol. The summed E-state index contributed by atoms with van der Waals surface area (Å²) in [5.41, 5.74) is -0.172. The molecule has 1 aliphatic rings. The first-order chi connectivity index (χ1) is 9.17. The molecular formula is C14H19NO4. The second kappa shape index (κ2) is 6.02. The number of methoxy groups -OCH3 is 2. The van der Waals surface area contributed by atoms with E-state index in [9.17, 15) is 9.59 Å². The fraction of sp³-hybridized carbons (Fsp3) is 0.571.